The van der Waals surface area contributed by atoms with Crippen molar-refractivity contribution in [2.45, 2.75) is 82.3 Å². The molecule has 2 saturated heterocycles. The van der Waals surface area contributed by atoms with Gasteiger partial charge in [-0.05, 0) is 51.9 Å². The fourth-order valence-corrected chi connectivity index (χ4v) is 6.43. The van der Waals surface area contributed by atoms with Crippen molar-refractivity contribution in [1.82, 2.24) is 29.9 Å². The van der Waals surface area contributed by atoms with Crippen LogP contribution in [0.3, 0.4) is 0 Å². The van der Waals surface area contributed by atoms with Gasteiger partial charge in [0.25, 0.3) is 0 Å². The summed E-state index contributed by atoms with van der Waals surface area (Å²) >= 11 is 6.48. The van der Waals surface area contributed by atoms with Gasteiger partial charge >= 0.3 is 0 Å². The lowest BCUT2D eigenvalue weighted by atomic mass is 9.84. The highest BCUT2D eigenvalue weighted by Gasteiger charge is 2.36. The SMILES string of the molecule is C=CC(=O)N1CC[C@H](Oc2cc(O[C@@H](C)[C@@H]3C[C@@H](F)CN3C)nc(-c3noc(C(C)(C)c4ccccc4Cl)n3)n2)C[C@H]1CC#N. The number of carbonyl (C=O) groups is 1. The molecule has 5 atom stereocenters. The summed E-state index contributed by atoms with van der Waals surface area (Å²) < 4.78 is 32.4. The number of nitriles is 1. The van der Waals surface area contributed by atoms with Crippen molar-refractivity contribution in [1.29, 1.82) is 5.26 Å². The highest BCUT2D eigenvalue weighted by atomic mass is 35.5. The molecule has 11 nitrogen and oxygen atoms in total. The van der Waals surface area contributed by atoms with E-state index >= 15 is 0 Å². The van der Waals surface area contributed by atoms with Crippen LogP contribution in [-0.4, -0.2) is 86.4 Å². The molecule has 0 saturated carbocycles. The summed E-state index contributed by atoms with van der Waals surface area (Å²) in [4.78, 5) is 29.8. The second-order valence-electron chi connectivity index (χ2n) is 12.1. The summed E-state index contributed by atoms with van der Waals surface area (Å²) in [5, 5.41) is 14.1. The number of likely N-dealkylation sites (tertiary alicyclic amines) is 2. The molecule has 0 bridgehead atoms. The summed E-state index contributed by atoms with van der Waals surface area (Å²) in [6, 6.07) is 10.7. The van der Waals surface area contributed by atoms with E-state index in [2.05, 4.69) is 32.8 Å². The van der Waals surface area contributed by atoms with Crippen LogP contribution in [0, 0.1) is 11.3 Å². The minimum atomic E-state index is -0.926. The van der Waals surface area contributed by atoms with E-state index in [9.17, 15) is 14.4 Å². The number of likely N-dealkylation sites (N-methyl/N-ethyl adjacent to an activating group) is 1. The van der Waals surface area contributed by atoms with Crippen LogP contribution in [0.5, 0.6) is 11.8 Å². The van der Waals surface area contributed by atoms with Gasteiger partial charge in [0, 0.05) is 43.0 Å². The van der Waals surface area contributed by atoms with Crippen LogP contribution < -0.4 is 9.47 Å². The standard InChI is InChI=1S/C32H37ClFN7O4/c1-6-28(42)41-14-12-22(16-21(41)11-13-35)44-27-17-26(43-19(2)25-15-20(34)18-40(25)5)36-29(37-27)30-38-31(45-39-30)32(3,4)23-9-7-8-10-24(23)33/h6-10,17,19-22,25H,1,11-12,14-16,18H2,2-5H3/t19-,20+,21+,22-,25-/m0/s1. The maximum Gasteiger partial charge on any atom is 0.246 e. The first-order valence-corrected chi connectivity index (χ1v) is 15.3. The molecule has 13 heteroatoms. The molecule has 0 aliphatic carbocycles. The van der Waals surface area contributed by atoms with E-state index in [1.165, 1.54) is 6.08 Å². The van der Waals surface area contributed by atoms with Crippen molar-refractivity contribution in [3.8, 4) is 29.5 Å². The monoisotopic (exact) mass is 637 g/mol. The number of hydrogen-bond acceptors (Lipinski definition) is 10. The molecule has 0 N–H and O–H groups in total. The molecule has 4 heterocycles. The zero-order valence-electron chi connectivity index (χ0n) is 25.8. The van der Waals surface area contributed by atoms with Gasteiger partial charge in [0.1, 0.15) is 18.4 Å². The molecular formula is C32H37ClFN7O4. The maximum absolute atomic E-state index is 14.1. The third kappa shape index (κ3) is 7.10. The van der Waals surface area contributed by atoms with Crippen LogP contribution in [-0.2, 0) is 10.2 Å². The molecule has 5 rings (SSSR count). The Morgan fingerprint density at radius 2 is 2.02 bits per heavy atom. The molecule has 1 amide bonds. The second kappa shape index (κ2) is 13.5. The average molecular weight is 638 g/mol. The van der Waals surface area contributed by atoms with E-state index in [0.717, 1.165) is 5.56 Å². The van der Waals surface area contributed by atoms with Crippen molar-refractivity contribution < 1.29 is 23.2 Å². The molecule has 2 fully saturated rings. The lowest BCUT2D eigenvalue weighted by molar-refractivity contribution is -0.130. The summed E-state index contributed by atoms with van der Waals surface area (Å²) in [5.74, 6) is 0.771. The van der Waals surface area contributed by atoms with E-state index < -0.39 is 11.6 Å². The Bertz CT molecular complexity index is 1580. The lowest BCUT2D eigenvalue weighted by Gasteiger charge is -2.37. The number of rotatable bonds is 10. The van der Waals surface area contributed by atoms with Crippen LogP contribution in [0.15, 0.2) is 47.5 Å². The topological polar surface area (TPSA) is 130 Å². The van der Waals surface area contributed by atoms with Gasteiger partial charge in [-0.25, -0.2) is 4.39 Å². The van der Waals surface area contributed by atoms with Crippen molar-refractivity contribution in [3.05, 3.63) is 59.5 Å². The van der Waals surface area contributed by atoms with E-state index in [4.69, 9.17) is 25.6 Å². The van der Waals surface area contributed by atoms with Gasteiger partial charge in [-0.3, -0.25) is 9.69 Å². The molecule has 2 aliphatic rings. The Kier molecular flexibility index (Phi) is 9.70. The number of alkyl halides is 1. The molecule has 2 aromatic heterocycles. The quantitative estimate of drug-likeness (QED) is 0.275. The zero-order valence-corrected chi connectivity index (χ0v) is 26.6. The van der Waals surface area contributed by atoms with Crippen molar-refractivity contribution in [3.63, 3.8) is 0 Å². The minimum Gasteiger partial charge on any atom is -0.474 e. The molecule has 0 unspecified atom stereocenters. The normalized spacial score (nSPS) is 22.9. The number of halogens is 2. The molecule has 2 aliphatic heterocycles. The first-order chi connectivity index (χ1) is 21.5. The van der Waals surface area contributed by atoms with Crippen LogP contribution in [0.2, 0.25) is 5.02 Å². The first kappa shape index (κ1) is 32.3. The highest BCUT2D eigenvalue weighted by molar-refractivity contribution is 6.31. The Balaban J connectivity index is 1.44. The number of aromatic nitrogens is 4. The number of piperidine rings is 1. The predicted octanol–water partition coefficient (Wildman–Crippen LogP) is 5.15. The van der Waals surface area contributed by atoms with Crippen molar-refractivity contribution in [2.24, 2.45) is 0 Å². The first-order valence-electron chi connectivity index (χ1n) is 15.0. The number of amides is 1. The number of ether oxygens (including phenoxy) is 2. The van der Waals surface area contributed by atoms with Gasteiger partial charge in [-0.15, -0.1) is 0 Å². The van der Waals surface area contributed by atoms with E-state index in [-0.39, 0.29) is 60.0 Å². The fraction of sp³-hybridized carbons (Fsp3) is 0.500. The average Bonchev–Trinajstić information content (AvgIpc) is 3.64. The van der Waals surface area contributed by atoms with Crippen LogP contribution in [0.1, 0.15) is 57.9 Å². The van der Waals surface area contributed by atoms with E-state index in [1.54, 1.807) is 17.0 Å². The highest BCUT2D eigenvalue weighted by Crippen LogP contribution is 2.36. The Hall–Kier alpha value is -4.08. The van der Waals surface area contributed by atoms with E-state index in [1.807, 2.05) is 50.9 Å². The van der Waals surface area contributed by atoms with Crippen LogP contribution in [0.25, 0.3) is 11.6 Å². The molecule has 0 spiro atoms. The smallest absolute Gasteiger partial charge is 0.246 e. The summed E-state index contributed by atoms with van der Waals surface area (Å²) in [5.41, 5.74) is 0.103. The van der Waals surface area contributed by atoms with Crippen LogP contribution >= 0.6 is 11.6 Å². The molecule has 45 heavy (non-hydrogen) atoms. The van der Waals surface area contributed by atoms with Gasteiger partial charge in [0.05, 0.1) is 24.0 Å². The van der Waals surface area contributed by atoms with Gasteiger partial charge in [-0.1, -0.05) is 41.5 Å². The van der Waals surface area contributed by atoms with Crippen molar-refractivity contribution >= 4 is 17.5 Å². The summed E-state index contributed by atoms with van der Waals surface area (Å²) in [7, 11) is 1.87. The van der Waals surface area contributed by atoms with Gasteiger partial charge in [0.15, 0.2) is 0 Å². The number of nitrogens with zero attached hydrogens (tertiary/aromatic N) is 7. The second-order valence-corrected chi connectivity index (χ2v) is 12.5. The molecular weight excluding hydrogens is 601 g/mol. The third-order valence-corrected chi connectivity index (χ3v) is 8.85. The number of hydrogen-bond donors (Lipinski definition) is 0. The third-order valence-electron chi connectivity index (χ3n) is 8.52. The molecule has 0 radical (unpaired) electrons. The predicted molar refractivity (Wildman–Crippen MR) is 165 cm³/mol. The van der Waals surface area contributed by atoms with Crippen molar-refractivity contribution in [2.75, 3.05) is 20.1 Å². The molecule has 238 valence electrons. The van der Waals surface area contributed by atoms with Gasteiger partial charge < -0.3 is 18.9 Å². The van der Waals surface area contributed by atoms with Gasteiger partial charge in [-0.2, -0.15) is 20.2 Å². The maximum atomic E-state index is 14.1. The zero-order chi connectivity index (χ0) is 32.3. The largest absolute Gasteiger partial charge is 0.474 e. The van der Waals surface area contributed by atoms with Gasteiger partial charge in [0.2, 0.25) is 35.2 Å². The lowest BCUT2D eigenvalue weighted by Crippen LogP contribution is -2.48. The van der Waals surface area contributed by atoms with Crippen LogP contribution in [0.4, 0.5) is 4.39 Å². The molecule has 3 aromatic rings. The summed E-state index contributed by atoms with van der Waals surface area (Å²) in [6.45, 7) is 10.1. The Labute approximate surface area is 267 Å². The molecule has 1 aromatic carbocycles. The number of benzene rings is 1. The minimum absolute atomic E-state index is 0.121. The fourth-order valence-electron chi connectivity index (χ4n) is 6.06. The number of carbonyl (C=O) groups excluding carboxylic acids is 1. The Morgan fingerprint density at radius 1 is 1.27 bits per heavy atom. The van der Waals surface area contributed by atoms with E-state index in [0.29, 0.717) is 43.3 Å². The summed E-state index contributed by atoms with van der Waals surface area (Å²) in [6.07, 6.45) is 1.08. The Morgan fingerprint density at radius 3 is 2.71 bits per heavy atom.